The van der Waals surface area contributed by atoms with Crippen LogP contribution in [0.25, 0.3) is 0 Å². The number of likely N-dealkylation sites (tertiary alicyclic amines) is 1. The second kappa shape index (κ2) is 5.96. The fraction of sp³-hybridized carbons (Fsp3) is 0.500. The molecule has 1 saturated heterocycles. The summed E-state index contributed by atoms with van der Waals surface area (Å²) in [5, 5.41) is 0. The molecule has 1 unspecified atom stereocenters. The summed E-state index contributed by atoms with van der Waals surface area (Å²) in [7, 11) is 3.80. The van der Waals surface area contributed by atoms with E-state index in [9.17, 15) is 18.0 Å². The molecule has 2 rings (SSSR count). The first-order valence-corrected chi connectivity index (χ1v) is 7.32. The molecule has 0 bridgehead atoms. The number of hydrogen-bond acceptors (Lipinski definition) is 2. The Morgan fingerprint density at radius 3 is 2.57 bits per heavy atom. The monoisotopic (exact) mass is 364 g/mol. The predicted molar refractivity (Wildman–Crippen MR) is 77.1 cm³/mol. The lowest BCUT2D eigenvalue weighted by molar-refractivity contribution is -0.138. The van der Waals surface area contributed by atoms with Crippen LogP contribution in [0.5, 0.6) is 0 Å². The zero-order valence-electron chi connectivity index (χ0n) is 11.7. The van der Waals surface area contributed by atoms with Gasteiger partial charge in [-0.1, -0.05) is 15.9 Å². The van der Waals surface area contributed by atoms with Gasteiger partial charge >= 0.3 is 6.18 Å². The summed E-state index contributed by atoms with van der Waals surface area (Å²) in [5.74, 6) is -0.556. The van der Waals surface area contributed by atoms with E-state index in [-0.39, 0.29) is 11.6 Å². The van der Waals surface area contributed by atoms with Crippen molar-refractivity contribution in [3.8, 4) is 0 Å². The Hall–Kier alpha value is -1.08. The Labute approximate surface area is 129 Å². The summed E-state index contributed by atoms with van der Waals surface area (Å²) in [6, 6.07) is 3.84. The second-order valence-electron chi connectivity index (χ2n) is 5.34. The van der Waals surface area contributed by atoms with E-state index in [4.69, 9.17) is 0 Å². The highest BCUT2D eigenvalue weighted by atomic mass is 79.9. The average Bonchev–Trinajstić information content (AvgIpc) is 2.86. The lowest BCUT2D eigenvalue weighted by Gasteiger charge is -2.22. The quantitative estimate of drug-likeness (QED) is 0.804. The molecule has 1 heterocycles. The minimum absolute atomic E-state index is 0.193. The molecule has 0 aromatic heterocycles. The number of amides is 1. The molecule has 116 valence electrons. The van der Waals surface area contributed by atoms with Crippen LogP contribution in [0.1, 0.15) is 22.3 Å². The molecule has 0 aliphatic carbocycles. The molecular weight excluding hydrogens is 349 g/mol. The maximum Gasteiger partial charge on any atom is 0.417 e. The van der Waals surface area contributed by atoms with Crippen molar-refractivity contribution in [1.29, 1.82) is 0 Å². The molecule has 0 N–H and O–H groups in total. The van der Waals surface area contributed by atoms with Gasteiger partial charge in [0.05, 0.1) is 11.1 Å². The van der Waals surface area contributed by atoms with E-state index in [0.717, 1.165) is 12.5 Å². The fourth-order valence-electron chi connectivity index (χ4n) is 2.46. The molecule has 1 aliphatic heterocycles. The van der Waals surface area contributed by atoms with Crippen molar-refractivity contribution in [2.45, 2.75) is 18.6 Å². The van der Waals surface area contributed by atoms with Gasteiger partial charge in [-0.25, -0.2) is 0 Å². The minimum Gasteiger partial charge on any atom is -0.337 e. The first-order chi connectivity index (χ1) is 9.70. The Balaban J connectivity index is 2.28. The molecule has 0 radical (unpaired) electrons. The summed E-state index contributed by atoms with van der Waals surface area (Å²) in [4.78, 5) is 15.9. The highest BCUT2D eigenvalue weighted by Gasteiger charge is 2.37. The normalized spacial score (nSPS) is 19.4. The van der Waals surface area contributed by atoms with Crippen molar-refractivity contribution < 1.29 is 18.0 Å². The van der Waals surface area contributed by atoms with Crippen LogP contribution >= 0.6 is 15.9 Å². The Morgan fingerprint density at radius 2 is 2.05 bits per heavy atom. The molecule has 0 spiro atoms. The number of carbonyl (C=O) groups is 1. The first-order valence-electron chi connectivity index (χ1n) is 6.52. The van der Waals surface area contributed by atoms with Gasteiger partial charge in [-0.3, -0.25) is 4.79 Å². The molecule has 7 heteroatoms. The average molecular weight is 365 g/mol. The molecule has 21 heavy (non-hydrogen) atoms. The van der Waals surface area contributed by atoms with Gasteiger partial charge in [0.2, 0.25) is 0 Å². The zero-order valence-corrected chi connectivity index (χ0v) is 13.3. The number of halogens is 4. The number of benzene rings is 1. The van der Waals surface area contributed by atoms with E-state index < -0.39 is 17.6 Å². The lowest BCUT2D eigenvalue weighted by atomic mass is 10.1. The topological polar surface area (TPSA) is 23.6 Å². The van der Waals surface area contributed by atoms with Gasteiger partial charge in [0.15, 0.2) is 0 Å². The van der Waals surface area contributed by atoms with Gasteiger partial charge in [0.25, 0.3) is 5.91 Å². The van der Waals surface area contributed by atoms with Gasteiger partial charge in [0, 0.05) is 23.6 Å². The molecule has 1 aromatic carbocycles. The van der Waals surface area contributed by atoms with Crippen molar-refractivity contribution in [2.24, 2.45) is 0 Å². The summed E-state index contributed by atoms with van der Waals surface area (Å²) in [5.41, 5.74) is -1.18. The fourth-order valence-corrected chi connectivity index (χ4v) is 2.82. The van der Waals surface area contributed by atoms with Crippen LogP contribution < -0.4 is 0 Å². The van der Waals surface area contributed by atoms with Crippen LogP contribution in [0.4, 0.5) is 13.2 Å². The number of likely N-dealkylation sites (N-methyl/N-ethyl adjacent to an activating group) is 1. The number of alkyl halides is 3. The van der Waals surface area contributed by atoms with Crippen molar-refractivity contribution in [1.82, 2.24) is 9.80 Å². The SMILES string of the molecule is CN(C)C1CCN(C(=O)c2ccc(Br)cc2C(F)(F)F)C1. The highest BCUT2D eigenvalue weighted by Crippen LogP contribution is 2.34. The van der Waals surface area contributed by atoms with E-state index in [1.807, 2.05) is 19.0 Å². The Bertz CT molecular complexity index is 546. The standard InChI is InChI=1S/C14H16BrF3N2O/c1-19(2)10-5-6-20(8-10)13(21)11-4-3-9(15)7-12(11)14(16,17)18/h3-4,7,10H,5-6,8H2,1-2H3. The third-order valence-corrected chi connectivity index (χ3v) is 4.19. The highest BCUT2D eigenvalue weighted by molar-refractivity contribution is 9.10. The number of rotatable bonds is 2. The Morgan fingerprint density at radius 1 is 1.38 bits per heavy atom. The Kier molecular flexibility index (Phi) is 4.63. The third-order valence-electron chi connectivity index (χ3n) is 3.70. The molecule has 1 amide bonds. The van der Waals surface area contributed by atoms with Crippen molar-refractivity contribution in [3.05, 3.63) is 33.8 Å². The summed E-state index contributed by atoms with van der Waals surface area (Å²) in [6.45, 7) is 0.939. The van der Waals surface area contributed by atoms with Crippen molar-refractivity contribution >= 4 is 21.8 Å². The maximum atomic E-state index is 13.1. The number of hydrogen-bond donors (Lipinski definition) is 0. The minimum atomic E-state index is -4.55. The van der Waals surface area contributed by atoms with E-state index in [1.165, 1.54) is 17.0 Å². The molecule has 1 aliphatic rings. The lowest BCUT2D eigenvalue weighted by Crippen LogP contribution is -2.35. The molecule has 1 fully saturated rings. The second-order valence-corrected chi connectivity index (χ2v) is 6.26. The van der Waals surface area contributed by atoms with Gasteiger partial charge < -0.3 is 9.80 Å². The van der Waals surface area contributed by atoms with Crippen LogP contribution in [0.3, 0.4) is 0 Å². The molecular formula is C14H16BrF3N2O. The summed E-state index contributed by atoms with van der Waals surface area (Å²) < 4.78 is 39.5. The zero-order chi connectivity index (χ0) is 15.8. The van der Waals surface area contributed by atoms with Crippen molar-refractivity contribution in [3.63, 3.8) is 0 Å². The van der Waals surface area contributed by atoms with Gasteiger partial charge in [-0.05, 0) is 38.7 Å². The smallest absolute Gasteiger partial charge is 0.337 e. The predicted octanol–water partition coefficient (Wildman–Crippen LogP) is 3.24. The summed E-state index contributed by atoms with van der Waals surface area (Å²) >= 11 is 3.02. The molecule has 3 nitrogen and oxygen atoms in total. The summed E-state index contributed by atoms with van der Waals surface area (Å²) in [6.07, 6.45) is -3.77. The third kappa shape index (κ3) is 3.58. The van der Waals surface area contributed by atoms with Crippen LogP contribution in [0, 0.1) is 0 Å². The molecule has 0 saturated carbocycles. The van der Waals surface area contributed by atoms with E-state index in [0.29, 0.717) is 17.6 Å². The molecule has 1 aromatic rings. The van der Waals surface area contributed by atoms with E-state index in [2.05, 4.69) is 15.9 Å². The van der Waals surface area contributed by atoms with Gasteiger partial charge in [-0.15, -0.1) is 0 Å². The number of carbonyl (C=O) groups excluding carboxylic acids is 1. The van der Waals surface area contributed by atoms with Crippen LogP contribution in [-0.2, 0) is 6.18 Å². The van der Waals surface area contributed by atoms with Crippen molar-refractivity contribution in [2.75, 3.05) is 27.2 Å². The van der Waals surface area contributed by atoms with E-state index in [1.54, 1.807) is 0 Å². The maximum absolute atomic E-state index is 13.1. The molecule has 1 atom stereocenters. The van der Waals surface area contributed by atoms with Crippen LogP contribution in [0.2, 0.25) is 0 Å². The number of nitrogens with zero attached hydrogens (tertiary/aromatic N) is 2. The van der Waals surface area contributed by atoms with E-state index >= 15 is 0 Å². The van der Waals surface area contributed by atoms with Gasteiger partial charge in [-0.2, -0.15) is 13.2 Å². The van der Waals surface area contributed by atoms with Gasteiger partial charge in [0.1, 0.15) is 0 Å². The van der Waals surface area contributed by atoms with Crippen LogP contribution in [-0.4, -0.2) is 48.9 Å². The first kappa shape index (κ1) is 16.3. The van der Waals surface area contributed by atoms with Crippen LogP contribution in [0.15, 0.2) is 22.7 Å². The largest absolute Gasteiger partial charge is 0.417 e.